The van der Waals surface area contributed by atoms with E-state index < -0.39 is 11.7 Å². The first kappa shape index (κ1) is 13.2. The van der Waals surface area contributed by atoms with E-state index in [2.05, 4.69) is 26.3 Å². The third-order valence-electron chi connectivity index (χ3n) is 2.37. The maximum Gasteiger partial charge on any atom is 0.261 e. The number of hydrogen-bond acceptors (Lipinski definition) is 3. The molecule has 1 heterocycles. The number of nitrogens with zero attached hydrogens (tertiary/aromatic N) is 3. The minimum absolute atomic E-state index is 0.102. The Morgan fingerprint density at radius 1 is 1.58 bits per heavy atom. The second-order valence-corrected chi connectivity index (χ2v) is 4.58. The molecule has 96 valence electrons. The monoisotopic (exact) mass is 322 g/mol. The van der Waals surface area contributed by atoms with Gasteiger partial charge >= 0.3 is 0 Å². The largest absolute Gasteiger partial charge is 0.304 e. The Labute approximate surface area is 116 Å². The highest BCUT2D eigenvalue weighted by molar-refractivity contribution is 9.10. The first-order valence-corrected chi connectivity index (χ1v) is 6.01. The summed E-state index contributed by atoms with van der Waals surface area (Å²) in [6.45, 7) is 0. The minimum atomic E-state index is -0.667. The van der Waals surface area contributed by atoms with Crippen LogP contribution in [0.25, 0.3) is 0 Å². The maximum absolute atomic E-state index is 13.6. The van der Waals surface area contributed by atoms with Crippen molar-refractivity contribution in [2.75, 3.05) is 5.32 Å². The Bertz CT molecular complexity index is 669. The van der Waals surface area contributed by atoms with Crippen LogP contribution in [0.1, 0.15) is 15.9 Å². The number of anilines is 1. The topological polar surface area (TPSA) is 70.7 Å². The second-order valence-electron chi connectivity index (χ2n) is 3.73. The smallest absolute Gasteiger partial charge is 0.261 e. The number of amides is 1. The molecule has 0 radical (unpaired) electrons. The summed E-state index contributed by atoms with van der Waals surface area (Å²) >= 11 is 3.11. The van der Waals surface area contributed by atoms with E-state index >= 15 is 0 Å². The molecule has 0 aliphatic carbocycles. The van der Waals surface area contributed by atoms with Crippen LogP contribution < -0.4 is 5.32 Å². The summed E-state index contributed by atoms with van der Waals surface area (Å²) in [7, 11) is 1.62. The molecule has 5 nitrogen and oxygen atoms in total. The summed E-state index contributed by atoms with van der Waals surface area (Å²) in [4.78, 5) is 12.0. The SMILES string of the molecule is Cn1cc(C#N)c(NC(=O)c2c(F)cccc2Br)n1. The van der Waals surface area contributed by atoms with Crippen molar-refractivity contribution in [1.29, 1.82) is 5.26 Å². The van der Waals surface area contributed by atoms with Crippen LogP contribution in [0.3, 0.4) is 0 Å². The zero-order chi connectivity index (χ0) is 14.0. The van der Waals surface area contributed by atoms with E-state index in [-0.39, 0.29) is 16.9 Å². The third kappa shape index (κ3) is 2.63. The second kappa shape index (κ2) is 5.20. The maximum atomic E-state index is 13.6. The van der Waals surface area contributed by atoms with E-state index in [1.807, 2.05) is 6.07 Å². The lowest BCUT2D eigenvalue weighted by Gasteiger charge is -2.05. The van der Waals surface area contributed by atoms with Crippen LogP contribution in [-0.2, 0) is 7.05 Å². The van der Waals surface area contributed by atoms with Gasteiger partial charge in [-0.3, -0.25) is 9.48 Å². The highest BCUT2D eigenvalue weighted by atomic mass is 79.9. The summed E-state index contributed by atoms with van der Waals surface area (Å²) in [6.07, 6.45) is 1.46. The van der Waals surface area contributed by atoms with Crippen LogP contribution in [0.15, 0.2) is 28.9 Å². The molecule has 2 rings (SSSR count). The van der Waals surface area contributed by atoms with Gasteiger partial charge in [0.05, 0.1) is 5.56 Å². The van der Waals surface area contributed by atoms with Crippen molar-refractivity contribution in [3.63, 3.8) is 0 Å². The summed E-state index contributed by atoms with van der Waals surface area (Å²) < 4.78 is 15.3. The fourth-order valence-corrected chi connectivity index (χ4v) is 2.07. The van der Waals surface area contributed by atoms with E-state index in [0.29, 0.717) is 4.47 Å². The number of aromatic nitrogens is 2. The quantitative estimate of drug-likeness (QED) is 0.923. The fraction of sp³-hybridized carbons (Fsp3) is 0.0833. The Hall–Kier alpha value is -2.20. The van der Waals surface area contributed by atoms with Crippen LogP contribution in [0.4, 0.5) is 10.2 Å². The molecule has 0 unspecified atom stereocenters. The molecular formula is C12H8BrFN4O. The highest BCUT2D eigenvalue weighted by Gasteiger charge is 2.18. The molecule has 0 aliphatic rings. The summed E-state index contributed by atoms with van der Waals surface area (Å²) in [5.74, 6) is -1.22. The molecule has 0 atom stereocenters. The summed E-state index contributed by atoms with van der Waals surface area (Å²) in [5.41, 5.74) is 0.0837. The molecule has 0 saturated heterocycles. The van der Waals surface area contributed by atoms with Gasteiger partial charge in [0.2, 0.25) is 0 Å². The van der Waals surface area contributed by atoms with E-state index in [1.54, 1.807) is 13.1 Å². The Kier molecular flexibility index (Phi) is 3.62. The number of hydrogen-bond donors (Lipinski definition) is 1. The van der Waals surface area contributed by atoms with Crippen molar-refractivity contribution in [1.82, 2.24) is 9.78 Å². The van der Waals surface area contributed by atoms with Gasteiger partial charge in [-0.15, -0.1) is 0 Å². The third-order valence-corrected chi connectivity index (χ3v) is 3.03. The number of rotatable bonds is 2. The molecule has 7 heteroatoms. The number of halogens is 2. The molecule has 1 amide bonds. The van der Waals surface area contributed by atoms with E-state index in [9.17, 15) is 9.18 Å². The lowest BCUT2D eigenvalue weighted by molar-refractivity contribution is 0.102. The first-order valence-electron chi connectivity index (χ1n) is 5.22. The van der Waals surface area contributed by atoms with Gasteiger partial charge < -0.3 is 5.32 Å². The van der Waals surface area contributed by atoms with Gasteiger partial charge in [0.15, 0.2) is 5.82 Å². The number of carbonyl (C=O) groups excluding carboxylic acids is 1. The molecule has 0 spiro atoms. The molecule has 0 bridgehead atoms. The molecule has 2 aromatic rings. The van der Waals surface area contributed by atoms with Gasteiger partial charge in [0.25, 0.3) is 5.91 Å². The molecule has 0 aliphatic heterocycles. The van der Waals surface area contributed by atoms with Crippen LogP contribution in [0.5, 0.6) is 0 Å². The molecular weight excluding hydrogens is 315 g/mol. The van der Waals surface area contributed by atoms with E-state index in [1.165, 1.54) is 23.0 Å². The van der Waals surface area contributed by atoms with Crippen molar-refractivity contribution in [2.45, 2.75) is 0 Å². The number of nitrogens with one attached hydrogen (secondary N) is 1. The van der Waals surface area contributed by atoms with Crippen LogP contribution in [0.2, 0.25) is 0 Å². The Balaban J connectivity index is 2.34. The predicted molar refractivity (Wildman–Crippen MR) is 70.0 cm³/mol. The number of benzene rings is 1. The Morgan fingerprint density at radius 2 is 2.32 bits per heavy atom. The fourth-order valence-electron chi connectivity index (χ4n) is 1.55. The minimum Gasteiger partial charge on any atom is -0.304 e. The van der Waals surface area contributed by atoms with E-state index in [4.69, 9.17) is 5.26 Å². The molecule has 0 saturated carbocycles. The lowest BCUT2D eigenvalue weighted by Crippen LogP contribution is -2.15. The standard InChI is InChI=1S/C12H8BrFN4O/c1-18-6-7(5-15)11(17-18)16-12(19)10-8(13)3-2-4-9(10)14/h2-4,6H,1H3,(H,16,17,19). The zero-order valence-corrected chi connectivity index (χ0v) is 11.4. The Morgan fingerprint density at radius 3 is 2.95 bits per heavy atom. The van der Waals surface area contributed by atoms with E-state index in [0.717, 1.165) is 0 Å². The van der Waals surface area contributed by atoms with Crippen LogP contribution in [-0.4, -0.2) is 15.7 Å². The average Bonchev–Trinajstić information content (AvgIpc) is 2.69. The van der Waals surface area contributed by atoms with Gasteiger partial charge in [-0.1, -0.05) is 6.07 Å². The van der Waals surface area contributed by atoms with Crippen molar-refractivity contribution >= 4 is 27.7 Å². The van der Waals surface area contributed by atoms with Gasteiger partial charge in [0.1, 0.15) is 17.4 Å². The average molecular weight is 323 g/mol. The molecule has 19 heavy (non-hydrogen) atoms. The van der Waals surface area contributed by atoms with Gasteiger partial charge in [-0.05, 0) is 28.1 Å². The lowest BCUT2D eigenvalue weighted by atomic mass is 10.2. The molecule has 1 aromatic carbocycles. The molecule has 1 N–H and O–H groups in total. The van der Waals surface area contributed by atoms with Crippen molar-refractivity contribution in [2.24, 2.45) is 7.05 Å². The van der Waals surface area contributed by atoms with Crippen LogP contribution in [0, 0.1) is 17.1 Å². The predicted octanol–water partition coefficient (Wildman–Crippen LogP) is 2.45. The van der Waals surface area contributed by atoms with Crippen LogP contribution >= 0.6 is 15.9 Å². The van der Waals surface area contributed by atoms with Crippen molar-refractivity contribution in [3.05, 3.63) is 45.8 Å². The summed E-state index contributed by atoms with van der Waals surface area (Å²) in [5, 5.41) is 15.2. The van der Waals surface area contributed by atoms with Gasteiger partial charge in [-0.25, -0.2) is 4.39 Å². The highest BCUT2D eigenvalue weighted by Crippen LogP contribution is 2.21. The zero-order valence-electron chi connectivity index (χ0n) is 9.82. The number of aryl methyl sites for hydroxylation is 1. The first-order chi connectivity index (χ1) is 9.02. The number of nitriles is 1. The van der Waals surface area contributed by atoms with Crippen molar-refractivity contribution in [3.8, 4) is 6.07 Å². The van der Waals surface area contributed by atoms with Crippen molar-refractivity contribution < 1.29 is 9.18 Å². The van der Waals surface area contributed by atoms with Gasteiger partial charge in [-0.2, -0.15) is 10.4 Å². The summed E-state index contributed by atoms with van der Waals surface area (Å²) in [6, 6.07) is 6.12. The normalized spacial score (nSPS) is 10.0. The molecule has 0 fully saturated rings. The number of carbonyl (C=O) groups is 1. The van der Waals surface area contributed by atoms with Gasteiger partial charge in [0, 0.05) is 17.7 Å². The molecule has 1 aromatic heterocycles.